The molecule has 18 heavy (non-hydrogen) atoms. The second-order valence-electron chi connectivity index (χ2n) is 4.25. The fourth-order valence-corrected chi connectivity index (χ4v) is 2.10. The van der Waals surface area contributed by atoms with E-state index >= 15 is 0 Å². The smallest absolute Gasteiger partial charge is 0.166 e. The van der Waals surface area contributed by atoms with Gasteiger partial charge in [0.2, 0.25) is 0 Å². The lowest BCUT2D eigenvalue weighted by Gasteiger charge is -2.11. The molecule has 2 aromatic rings. The Kier molecular flexibility index (Phi) is 4.53. The van der Waals surface area contributed by atoms with Gasteiger partial charge in [0.1, 0.15) is 0 Å². The molecule has 0 aromatic heterocycles. The van der Waals surface area contributed by atoms with Crippen LogP contribution in [0.3, 0.4) is 0 Å². The molecule has 0 fully saturated rings. The molecule has 0 spiro atoms. The van der Waals surface area contributed by atoms with Crippen molar-refractivity contribution >= 4 is 28.1 Å². The van der Waals surface area contributed by atoms with Gasteiger partial charge in [-0.15, -0.1) is 0 Å². The maximum absolute atomic E-state index is 5.22. The van der Waals surface area contributed by atoms with E-state index in [9.17, 15) is 0 Å². The third-order valence-electron chi connectivity index (χ3n) is 2.85. The van der Waals surface area contributed by atoms with E-state index in [2.05, 4.69) is 60.0 Å². The number of hydrogen-bond acceptors (Lipinski definition) is 1. The van der Waals surface area contributed by atoms with E-state index in [0.29, 0.717) is 0 Å². The van der Waals surface area contributed by atoms with Crippen molar-refractivity contribution in [1.82, 2.24) is 10.6 Å². The Morgan fingerprint density at radius 2 is 1.83 bits per heavy atom. The van der Waals surface area contributed by atoms with E-state index in [-0.39, 0.29) is 0 Å². The van der Waals surface area contributed by atoms with Crippen LogP contribution in [0.25, 0.3) is 10.8 Å². The lowest BCUT2D eigenvalue weighted by molar-refractivity contribution is 0.801. The summed E-state index contributed by atoms with van der Waals surface area (Å²) in [6.45, 7) is 3.80. The average molecular weight is 258 g/mol. The van der Waals surface area contributed by atoms with E-state index in [1.54, 1.807) is 0 Å². The van der Waals surface area contributed by atoms with Gasteiger partial charge in [0, 0.05) is 13.1 Å². The largest absolute Gasteiger partial charge is 0.363 e. The van der Waals surface area contributed by atoms with Gasteiger partial charge in [-0.05, 0) is 35.0 Å². The van der Waals surface area contributed by atoms with Crippen LogP contribution in [0, 0.1) is 0 Å². The molecule has 0 aliphatic carbocycles. The second-order valence-corrected chi connectivity index (χ2v) is 4.66. The first-order chi connectivity index (χ1) is 8.81. The SMILES string of the molecule is CCCNC(=S)NCc1cccc2ccccc12. The van der Waals surface area contributed by atoms with Gasteiger partial charge in [0.15, 0.2) is 5.11 Å². The monoisotopic (exact) mass is 258 g/mol. The predicted molar refractivity (Wildman–Crippen MR) is 81.7 cm³/mol. The van der Waals surface area contributed by atoms with Gasteiger partial charge in [0.25, 0.3) is 0 Å². The number of benzene rings is 2. The third-order valence-corrected chi connectivity index (χ3v) is 3.14. The van der Waals surface area contributed by atoms with Crippen molar-refractivity contribution in [3.63, 3.8) is 0 Å². The number of hydrogen-bond donors (Lipinski definition) is 2. The molecule has 0 aliphatic heterocycles. The molecule has 0 saturated heterocycles. The van der Waals surface area contributed by atoms with Gasteiger partial charge in [0.05, 0.1) is 0 Å². The summed E-state index contributed by atoms with van der Waals surface area (Å²) in [5, 5.41) is 9.69. The molecular formula is C15H18N2S. The van der Waals surface area contributed by atoms with Gasteiger partial charge in [-0.3, -0.25) is 0 Å². The highest BCUT2D eigenvalue weighted by Crippen LogP contribution is 2.17. The van der Waals surface area contributed by atoms with Crippen molar-refractivity contribution in [2.75, 3.05) is 6.54 Å². The number of fused-ring (bicyclic) bond motifs is 1. The second kappa shape index (κ2) is 6.36. The topological polar surface area (TPSA) is 24.1 Å². The molecule has 94 valence electrons. The first-order valence-corrected chi connectivity index (χ1v) is 6.70. The molecule has 0 amide bonds. The summed E-state index contributed by atoms with van der Waals surface area (Å²) >= 11 is 5.22. The van der Waals surface area contributed by atoms with Crippen LogP contribution in [0.5, 0.6) is 0 Å². The summed E-state index contributed by atoms with van der Waals surface area (Å²) in [4.78, 5) is 0. The molecular weight excluding hydrogens is 240 g/mol. The molecule has 0 unspecified atom stereocenters. The molecule has 0 atom stereocenters. The van der Waals surface area contributed by atoms with Crippen LogP contribution in [0.15, 0.2) is 42.5 Å². The van der Waals surface area contributed by atoms with E-state index in [1.165, 1.54) is 16.3 Å². The molecule has 3 heteroatoms. The molecule has 2 N–H and O–H groups in total. The Morgan fingerprint density at radius 1 is 1.06 bits per heavy atom. The number of nitrogens with one attached hydrogen (secondary N) is 2. The van der Waals surface area contributed by atoms with Gasteiger partial charge in [-0.25, -0.2) is 0 Å². The van der Waals surface area contributed by atoms with Gasteiger partial charge in [-0.2, -0.15) is 0 Å². The lowest BCUT2D eigenvalue weighted by Crippen LogP contribution is -2.35. The molecule has 0 saturated carbocycles. The van der Waals surface area contributed by atoms with Crippen molar-refractivity contribution in [3.05, 3.63) is 48.0 Å². The summed E-state index contributed by atoms with van der Waals surface area (Å²) < 4.78 is 0. The average Bonchev–Trinajstić information content (AvgIpc) is 2.42. The molecule has 2 nitrogen and oxygen atoms in total. The van der Waals surface area contributed by atoms with Crippen LogP contribution >= 0.6 is 12.2 Å². The Balaban J connectivity index is 2.05. The van der Waals surface area contributed by atoms with Crippen LogP contribution in [0.1, 0.15) is 18.9 Å². The first-order valence-electron chi connectivity index (χ1n) is 6.29. The van der Waals surface area contributed by atoms with Gasteiger partial charge >= 0.3 is 0 Å². The summed E-state index contributed by atoms with van der Waals surface area (Å²) in [5.41, 5.74) is 1.27. The first kappa shape index (κ1) is 12.8. The summed E-state index contributed by atoms with van der Waals surface area (Å²) in [6.07, 6.45) is 1.08. The van der Waals surface area contributed by atoms with Crippen LogP contribution in [-0.2, 0) is 6.54 Å². The van der Waals surface area contributed by atoms with Crippen molar-refractivity contribution in [3.8, 4) is 0 Å². The summed E-state index contributed by atoms with van der Waals surface area (Å²) in [5.74, 6) is 0. The lowest BCUT2D eigenvalue weighted by atomic mass is 10.0. The summed E-state index contributed by atoms with van der Waals surface area (Å²) in [7, 11) is 0. The number of thiocarbonyl (C=S) groups is 1. The number of rotatable bonds is 4. The molecule has 2 aromatic carbocycles. The fraction of sp³-hybridized carbons (Fsp3) is 0.267. The minimum atomic E-state index is 0.727. The van der Waals surface area contributed by atoms with E-state index in [4.69, 9.17) is 12.2 Å². The van der Waals surface area contributed by atoms with Gasteiger partial charge < -0.3 is 10.6 Å². The van der Waals surface area contributed by atoms with Crippen LogP contribution in [0.2, 0.25) is 0 Å². The minimum absolute atomic E-state index is 0.727. The van der Waals surface area contributed by atoms with Crippen molar-refractivity contribution in [2.45, 2.75) is 19.9 Å². The highest BCUT2D eigenvalue weighted by molar-refractivity contribution is 7.80. The standard InChI is InChI=1S/C15H18N2S/c1-2-10-16-15(18)17-11-13-8-5-7-12-6-3-4-9-14(12)13/h3-9H,2,10-11H2,1H3,(H2,16,17,18). The third kappa shape index (κ3) is 3.20. The highest BCUT2D eigenvalue weighted by Gasteiger charge is 2.00. The Labute approximate surface area is 113 Å². The highest BCUT2D eigenvalue weighted by atomic mass is 32.1. The zero-order chi connectivity index (χ0) is 12.8. The van der Waals surface area contributed by atoms with E-state index in [0.717, 1.165) is 24.6 Å². The fourth-order valence-electron chi connectivity index (χ4n) is 1.92. The zero-order valence-electron chi connectivity index (χ0n) is 10.6. The molecule has 2 rings (SSSR count). The van der Waals surface area contributed by atoms with E-state index in [1.807, 2.05) is 0 Å². The van der Waals surface area contributed by atoms with Crippen molar-refractivity contribution in [1.29, 1.82) is 0 Å². The maximum Gasteiger partial charge on any atom is 0.166 e. The Morgan fingerprint density at radius 3 is 2.67 bits per heavy atom. The quantitative estimate of drug-likeness (QED) is 0.823. The molecule has 0 heterocycles. The van der Waals surface area contributed by atoms with Crippen LogP contribution in [0.4, 0.5) is 0 Å². The van der Waals surface area contributed by atoms with Crippen LogP contribution in [-0.4, -0.2) is 11.7 Å². The van der Waals surface area contributed by atoms with Crippen molar-refractivity contribution in [2.24, 2.45) is 0 Å². The Bertz CT molecular complexity index is 532. The van der Waals surface area contributed by atoms with Gasteiger partial charge in [-0.1, -0.05) is 49.4 Å². The molecule has 0 aliphatic rings. The minimum Gasteiger partial charge on any atom is -0.363 e. The Hall–Kier alpha value is -1.61. The predicted octanol–water partition coefficient (Wildman–Crippen LogP) is 3.21. The van der Waals surface area contributed by atoms with Crippen LogP contribution < -0.4 is 10.6 Å². The van der Waals surface area contributed by atoms with Crippen molar-refractivity contribution < 1.29 is 0 Å². The normalized spacial score (nSPS) is 10.3. The zero-order valence-corrected chi connectivity index (χ0v) is 11.4. The maximum atomic E-state index is 5.22. The summed E-state index contributed by atoms with van der Waals surface area (Å²) in [6, 6.07) is 14.8. The molecule has 0 radical (unpaired) electrons. The van der Waals surface area contributed by atoms with E-state index < -0.39 is 0 Å². The molecule has 0 bridgehead atoms.